The van der Waals surface area contributed by atoms with Gasteiger partial charge in [-0.1, -0.05) is 41.5 Å². The van der Waals surface area contributed by atoms with Crippen LogP contribution < -0.4 is 0 Å². The summed E-state index contributed by atoms with van der Waals surface area (Å²) in [5.41, 5.74) is 1.52. The van der Waals surface area contributed by atoms with Gasteiger partial charge in [-0.3, -0.25) is 0 Å². The molecule has 35 heavy (non-hydrogen) atoms. The molecule has 4 aromatic rings. The topological polar surface area (TPSA) is 82.8 Å². The predicted octanol–water partition coefficient (Wildman–Crippen LogP) is 7.05. The monoisotopic (exact) mass is 507 g/mol. The van der Waals surface area contributed by atoms with E-state index in [4.69, 9.17) is 20.5 Å². The lowest BCUT2D eigenvalue weighted by Crippen LogP contribution is -1.95. The van der Waals surface area contributed by atoms with Crippen LogP contribution in [-0.4, -0.2) is 31.3 Å². The molecule has 0 atom stereocenters. The predicted molar refractivity (Wildman–Crippen MR) is 122 cm³/mol. The molecule has 0 aliphatic rings. The summed E-state index contributed by atoms with van der Waals surface area (Å²) < 4.78 is 58.2. The highest BCUT2D eigenvalue weighted by Gasteiger charge is 2.27. The van der Waals surface area contributed by atoms with Crippen LogP contribution in [0.2, 0.25) is 0 Å². The second-order valence-electron chi connectivity index (χ2n) is 6.98. The molecule has 0 N–H and O–H groups in total. The molecule has 182 valence electrons. The Labute approximate surface area is 202 Å². The third-order valence-corrected chi connectivity index (χ3v) is 4.18. The fraction of sp³-hybridized carbons (Fsp3) is 0.130. The van der Waals surface area contributed by atoms with Gasteiger partial charge in [-0.15, -0.1) is 10.2 Å². The minimum atomic E-state index is -4.00. The SMILES string of the molecule is C=C(Cl)/C=C\C=C\n1cc(-c2onc(-c3ccccc3F)c2-c2nnc(C)o2)cn1.CC(F)(F)F. The molecule has 0 fully saturated rings. The molecule has 12 heteroatoms. The summed E-state index contributed by atoms with van der Waals surface area (Å²) in [6.07, 6.45) is 6.15. The lowest BCUT2D eigenvalue weighted by atomic mass is 10.0. The summed E-state index contributed by atoms with van der Waals surface area (Å²) in [6, 6.07) is 6.26. The van der Waals surface area contributed by atoms with Gasteiger partial charge in [-0.05, 0) is 24.3 Å². The molecule has 0 bridgehead atoms. The van der Waals surface area contributed by atoms with Crippen molar-refractivity contribution in [3.8, 4) is 34.0 Å². The van der Waals surface area contributed by atoms with E-state index in [9.17, 15) is 17.6 Å². The van der Waals surface area contributed by atoms with Gasteiger partial charge in [-0.2, -0.15) is 18.3 Å². The second kappa shape index (κ2) is 11.0. The molecule has 0 aliphatic carbocycles. The number of hydrogen-bond acceptors (Lipinski definition) is 6. The van der Waals surface area contributed by atoms with Gasteiger partial charge in [-0.25, -0.2) is 9.07 Å². The Balaban J connectivity index is 0.000000623. The first-order valence-electron chi connectivity index (χ1n) is 9.88. The Morgan fingerprint density at radius 2 is 1.89 bits per heavy atom. The normalized spacial score (nSPS) is 11.7. The van der Waals surface area contributed by atoms with Crippen molar-refractivity contribution in [3.63, 3.8) is 0 Å². The van der Waals surface area contributed by atoms with Crippen LogP contribution in [0.1, 0.15) is 12.8 Å². The molecule has 0 radical (unpaired) electrons. The third-order valence-electron chi connectivity index (χ3n) is 4.05. The summed E-state index contributed by atoms with van der Waals surface area (Å²) in [6.45, 7) is 5.43. The number of rotatable bonds is 6. The van der Waals surface area contributed by atoms with Crippen molar-refractivity contribution >= 4 is 17.8 Å². The Morgan fingerprint density at radius 1 is 1.17 bits per heavy atom. The third kappa shape index (κ3) is 7.24. The number of nitrogens with zero attached hydrogens (tertiary/aromatic N) is 5. The molecule has 0 unspecified atom stereocenters. The van der Waals surface area contributed by atoms with Gasteiger partial charge in [0.15, 0.2) is 5.76 Å². The molecule has 4 rings (SSSR count). The summed E-state index contributed by atoms with van der Waals surface area (Å²) in [4.78, 5) is 0. The molecule has 0 amide bonds. The Bertz CT molecular complexity index is 1360. The summed E-state index contributed by atoms with van der Waals surface area (Å²) in [5, 5.41) is 16.7. The number of alkyl halides is 3. The fourth-order valence-electron chi connectivity index (χ4n) is 2.75. The van der Waals surface area contributed by atoms with Gasteiger partial charge in [0.1, 0.15) is 17.1 Å². The number of aromatic nitrogens is 5. The van der Waals surface area contributed by atoms with Crippen LogP contribution in [0.4, 0.5) is 17.6 Å². The standard InChI is InChI=1S/C21H15ClFN5O2.C2H3F3/c1-13(22)7-5-6-10-28-12-15(11-24-28)20-18(21-26-25-14(2)29-21)19(27-30-20)16-8-3-4-9-17(16)23;1-2(3,4)5/h3-12H,1H2,2H3;1H3/b7-5-,10-6+;. The number of benzene rings is 1. The molecule has 0 spiro atoms. The average Bonchev–Trinajstić information content (AvgIpc) is 3.49. The smallest absolute Gasteiger partial charge is 0.386 e. The van der Waals surface area contributed by atoms with Gasteiger partial charge < -0.3 is 8.94 Å². The first kappa shape index (κ1) is 25.6. The highest BCUT2D eigenvalue weighted by atomic mass is 35.5. The van der Waals surface area contributed by atoms with E-state index in [1.165, 1.54) is 6.07 Å². The van der Waals surface area contributed by atoms with Gasteiger partial charge in [0, 0.05) is 36.8 Å². The van der Waals surface area contributed by atoms with Crippen molar-refractivity contribution in [2.45, 2.75) is 20.0 Å². The maximum Gasteiger partial charge on any atom is 0.386 e. The van der Waals surface area contributed by atoms with Crippen LogP contribution in [-0.2, 0) is 0 Å². The average molecular weight is 508 g/mol. The van der Waals surface area contributed by atoms with E-state index >= 15 is 0 Å². The summed E-state index contributed by atoms with van der Waals surface area (Å²) in [5.74, 6) is 0.430. The molecule has 0 saturated carbocycles. The maximum atomic E-state index is 14.4. The number of aryl methyl sites for hydroxylation is 1. The lowest BCUT2D eigenvalue weighted by molar-refractivity contribution is -0.110. The van der Waals surface area contributed by atoms with Crippen LogP contribution >= 0.6 is 11.6 Å². The summed E-state index contributed by atoms with van der Waals surface area (Å²) in [7, 11) is 0. The van der Waals surface area contributed by atoms with Gasteiger partial charge in [0.2, 0.25) is 5.89 Å². The zero-order valence-electron chi connectivity index (χ0n) is 18.4. The number of allylic oxidation sites excluding steroid dienone is 4. The molecule has 0 aliphatic heterocycles. The van der Waals surface area contributed by atoms with E-state index < -0.39 is 12.0 Å². The zero-order valence-corrected chi connectivity index (χ0v) is 19.2. The summed E-state index contributed by atoms with van der Waals surface area (Å²) >= 11 is 5.68. The highest BCUT2D eigenvalue weighted by Crippen LogP contribution is 2.39. The van der Waals surface area contributed by atoms with Crippen molar-refractivity contribution in [2.24, 2.45) is 0 Å². The first-order chi connectivity index (χ1) is 16.5. The quantitative estimate of drug-likeness (QED) is 0.205. The molecule has 0 saturated heterocycles. The van der Waals surface area contributed by atoms with Gasteiger partial charge in [0.05, 0.1) is 11.8 Å². The Morgan fingerprint density at radius 3 is 2.51 bits per heavy atom. The fourth-order valence-corrected chi connectivity index (χ4v) is 2.83. The second-order valence-corrected chi connectivity index (χ2v) is 7.46. The highest BCUT2D eigenvalue weighted by molar-refractivity contribution is 6.30. The van der Waals surface area contributed by atoms with Crippen molar-refractivity contribution in [3.05, 3.63) is 78.2 Å². The minimum Gasteiger partial charge on any atom is -0.421 e. The lowest BCUT2D eigenvalue weighted by Gasteiger charge is -2.00. The first-order valence-corrected chi connectivity index (χ1v) is 10.3. The van der Waals surface area contributed by atoms with E-state index in [1.807, 2.05) is 0 Å². The Kier molecular flexibility index (Phi) is 8.02. The molecular formula is C23H18ClF4N5O2. The number of halogens is 5. The van der Waals surface area contributed by atoms with E-state index in [-0.39, 0.29) is 24.1 Å². The van der Waals surface area contributed by atoms with Crippen LogP contribution in [0.25, 0.3) is 40.2 Å². The molecule has 7 nitrogen and oxygen atoms in total. The number of hydrogen-bond donors (Lipinski definition) is 0. The van der Waals surface area contributed by atoms with E-state index in [0.29, 0.717) is 27.8 Å². The Hall–Kier alpha value is -3.99. The molecular weight excluding hydrogens is 490 g/mol. The van der Waals surface area contributed by atoms with E-state index in [0.717, 1.165) is 0 Å². The van der Waals surface area contributed by atoms with Crippen molar-refractivity contribution in [1.29, 1.82) is 0 Å². The maximum absolute atomic E-state index is 14.4. The van der Waals surface area contributed by atoms with Crippen molar-refractivity contribution in [2.75, 3.05) is 0 Å². The van der Waals surface area contributed by atoms with Gasteiger partial charge in [0.25, 0.3) is 5.89 Å². The van der Waals surface area contributed by atoms with Crippen LogP contribution in [0.3, 0.4) is 0 Å². The van der Waals surface area contributed by atoms with E-state index in [1.54, 1.807) is 66.6 Å². The largest absolute Gasteiger partial charge is 0.421 e. The van der Waals surface area contributed by atoms with Crippen molar-refractivity contribution in [1.82, 2.24) is 25.1 Å². The molecule has 3 aromatic heterocycles. The molecule has 3 heterocycles. The van der Waals surface area contributed by atoms with E-state index in [2.05, 4.69) is 27.0 Å². The van der Waals surface area contributed by atoms with Crippen LogP contribution in [0, 0.1) is 12.7 Å². The van der Waals surface area contributed by atoms with Crippen LogP contribution in [0.15, 0.2) is 75.4 Å². The minimum absolute atomic E-state index is 0.175. The molecule has 1 aromatic carbocycles. The van der Waals surface area contributed by atoms with Crippen molar-refractivity contribution < 1.29 is 26.5 Å². The zero-order chi connectivity index (χ0) is 25.6. The van der Waals surface area contributed by atoms with Crippen LogP contribution in [0.5, 0.6) is 0 Å². The van der Waals surface area contributed by atoms with Gasteiger partial charge >= 0.3 is 6.18 Å².